The fourth-order valence-corrected chi connectivity index (χ4v) is 5.01. The molecule has 4 aromatic rings. The summed E-state index contributed by atoms with van der Waals surface area (Å²) in [6, 6.07) is 10.7. The van der Waals surface area contributed by atoms with E-state index in [0.717, 1.165) is 23.8 Å². The van der Waals surface area contributed by atoms with E-state index < -0.39 is 56.9 Å². The van der Waals surface area contributed by atoms with Crippen LogP contribution in [0.5, 0.6) is 11.5 Å². The van der Waals surface area contributed by atoms with E-state index in [1.807, 2.05) is 0 Å². The third-order valence-corrected chi connectivity index (χ3v) is 7.23. The van der Waals surface area contributed by atoms with Gasteiger partial charge >= 0.3 is 15.9 Å². The predicted octanol–water partition coefficient (Wildman–Crippen LogP) is 0.815. The minimum Gasteiger partial charge on any atom is -0.744 e. The quantitative estimate of drug-likeness (QED) is 0.0882. The van der Waals surface area contributed by atoms with Crippen molar-refractivity contribution in [2.75, 3.05) is 14.2 Å². The molecule has 21 heteroatoms. The Morgan fingerprint density at radius 3 is 1.93 bits per heavy atom. The number of tetrazole rings is 1. The molecule has 0 unspecified atom stereocenters. The molecule has 1 heterocycles. The van der Waals surface area contributed by atoms with Crippen molar-refractivity contribution in [3.63, 3.8) is 0 Å². The number of ether oxygens (including phenoxy) is 2. The van der Waals surface area contributed by atoms with E-state index in [-0.39, 0.29) is 52.6 Å². The van der Waals surface area contributed by atoms with Crippen LogP contribution in [0.4, 0.5) is 11.4 Å². The second-order valence-electron chi connectivity index (χ2n) is 7.90. The SMILES string of the molecule is COc1cc([N+](=O)[O-])c(S(=O)(=O)O)cc1-n1nc(-c2ccccc2)n[n+]1-c1cc(S(=O)(=O)[O-])c([N+](=O)[O-])cc1OC.[Na]. The molecule has 1 radical (unpaired) electrons. The van der Waals surface area contributed by atoms with Crippen LogP contribution in [0.1, 0.15) is 0 Å². The average Bonchev–Trinajstić information content (AvgIpc) is 3.36. The minimum atomic E-state index is -5.44. The first-order valence-corrected chi connectivity index (χ1v) is 13.6. The van der Waals surface area contributed by atoms with Crippen molar-refractivity contribution in [1.29, 1.82) is 0 Å². The number of benzene rings is 3. The van der Waals surface area contributed by atoms with Gasteiger partial charge in [0.25, 0.3) is 11.4 Å². The number of methoxy groups -OCH3 is 2. The minimum absolute atomic E-state index is 0. The van der Waals surface area contributed by atoms with Crippen molar-refractivity contribution >= 4 is 61.2 Å². The van der Waals surface area contributed by atoms with Crippen molar-refractivity contribution in [1.82, 2.24) is 15.0 Å². The van der Waals surface area contributed by atoms with Crippen LogP contribution in [0, 0.1) is 20.2 Å². The Morgan fingerprint density at radius 2 is 1.43 bits per heavy atom. The van der Waals surface area contributed by atoms with Crippen molar-refractivity contribution in [2.45, 2.75) is 9.79 Å². The zero-order valence-electron chi connectivity index (χ0n) is 21.6. The van der Waals surface area contributed by atoms with Gasteiger partial charge in [0.1, 0.15) is 15.0 Å². The van der Waals surface area contributed by atoms with E-state index >= 15 is 0 Å². The molecule has 0 aliphatic carbocycles. The molecule has 0 saturated heterocycles. The maximum Gasteiger partial charge on any atom is 0.340 e. The monoisotopic (exact) mass is 631 g/mol. The van der Waals surface area contributed by atoms with Gasteiger partial charge in [-0.05, 0) is 22.0 Å². The van der Waals surface area contributed by atoms with Gasteiger partial charge in [0.05, 0.1) is 46.9 Å². The molecule has 0 saturated carbocycles. The first kappa shape index (κ1) is 32.5. The molecule has 0 spiro atoms. The smallest absolute Gasteiger partial charge is 0.340 e. The molecule has 4 rings (SSSR count). The third-order valence-electron chi connectivity index (χ3n) is 5.48. The predicted molar refractivity (Wildman–Crippen MR) is 138 cm³/mol. The number of nitrogens with zero attached hydrogens (tertiary/aromatic N) is 6. The summed E-state index contributed by atoms with van der Waals surface area (Å²) < 4.78 is 80.0. The molecule has 0 fully saturated rings. The molecule has 215 valence electrons. The maximum absolute atomic E-state index is 12.1. The van der Waals surface area contributed by atoms with E-state index in [4.69, 9.17) is 9.47 Å². The van der Waals surface area contributed by atoms with Gasteiger partial charge in [-0.2, -0.15) is 8.42 Å². The fraction of sp³-hybridized carbons (Fsp3) is 0.0952. The summed E-state index contributed by atoms with van der Waals surface area (Å²) in [5.74, 6) is -0.829. The summed E-state index contributed by atoms with van der Waals surface area (Å²) in [5.41, 5.74) is -2.57. The Labute approximate surface area is 258 Å². The maximum atomic E-state index is 12.1. The summed E-state index contributed by atoms with van der Waals surface area (Å²) in [7, 11) is -8.47. The summed E-state index contributed by atoms with van der Waals surface area (Å²) >= 11 is 0. The summed E-state index contributed by atoms with van der Waals surface area (Å²) in [4.78, 5) is 20.0. The first-order chi connectivity index (χ1) is 19.2. The molecule has 0 bridgehead atoms. The molecule has 1 aromatic heterocycles. The zero-order chi connectivity index (χ0) is 30.3. The first-order valence-electron chi connectivity index (χ1n) is 10.8. The normalized spacial score (nSPS) is 11.4. The van der Waals surface area contributed by atoms with Gasteiger partial charge in [-0.3, -0.25) is 24.8 Å². The van der Waals surface area contributed by atoms with Crippen LogP contribution in [0.3, 0.4) is 0 Å². The molecule has 1 N–H and O–H groups in total. The van der Waals surface area contributed by atoms with Crippen LogP contribution in [0.2, 0.25) is 0 Å². The molecule has 0 amide bonds. The van der Waals surface area contributed by atoms with Gasteiger partial charge in [-0.15, -0.1) is 0 Å². The number of hydrogen-bond acceptors (Lipinski definition) is 13. The van der Waals surface area contributed by atoms with Crippen LogP contribution in [-0.4, -0.2) is 94.6 Å². The molecule has 42 heavy (non-hydrogen) atoms. The third kappa shape index (κ3) is 6.23. The van der Waals surface area contributed by atoms with Gasteiger partial charge in [-0.1, -0.05) is 18.2 Å². The van der Waals surface area contributed by atoms with Crippen LogP contribution in [0.25, 0.3) is 22.8 Å². The summed E-state index contributed by atoms with van der Waals surface area (Å²) in [5, 5.41) is 31.6. The van der Waals surface area contributed by atoms with Gasteiger partial charge < -0.3 is 14.0 Å². The van der Waals surface area contributed by atoms with Crippen molar-refractivity contribution in [3.05, 3.63) is 74.8 Å². The largest absolute Gasteiger partial charge is 0.744 e. The van der Waals surface area contributed by atoms with Gasteiger partial charge in [-0.25, -0.2) is 8.42 Å². The van der Waals surface area contributed by atoms with Crippen molar-refractivity contribution in [2.24, 2.45) is 0 Å². The number of hydrogen-bond donors (Lipinski definition) is 1. The van der Waals surface area contributed by atoms with E-state index in [2.05, 4.69) is 10.2 Å². The number of aromatic nitrogens is 4. The Balaban J connectivity index is 0.00000484. The molecular formula is C21H16N6NaO12S2. The van der Waals surface area contributed by atoms with Crippen LogP contribution >= 0.6 is 0 Å². The van der Waals surface area contributed by atoms with Gasteiger partial charge in [0.15, 0.2) is 22.1 Å². The average molecular weight is 632 g/mol. The van der Waals surface area contributed by atoms with E-state index in [1.165, 1.54) is 0 Å². The molecule has 3 aromatic carbocycles. The van der Waals surface area contributed by atoms with E-state index in [0.29, 0.717) is 29.8 Å². The Hall–Kier alpha value is -4.05. The summed E-state index contributed by atoms with van der Waals surface area (Å²) in [6.45, 7) is 0. The van der Waals surface area contributed by atoms with Crippen LogP contribution in [0.15, 0.2) is 64.4 Å². The summed E-state index contributed by atoms with van der Waals surface area (Å²) in [6.07, 6.45) is 0. The fourth-order valence-electron chi connectivity index (χ4n) is 3.71. The van der Waals surface area contributed by atoms with Crippen molar-refractivity contribution in [3.8, 4) is 34.3 Å². The number of rotatable bonds is 9. The van der Waals surface area contributed by atoms with E-state index in [1.54, 1.807) is 30.3 Å². The topological polar surface area (TPSA) is 251 Å². The zero-order valence-corrected chi connectivity index (χ0v) is 25.3. The second kappa shape index (κ2) is 12.1. The van der Waals surface area contributed by atoms with E-state index in [9.17, 15) is 46.2 Å². The number of nitro benzene ring substituents is 2. The molecule has 0 aliphatic rings. The van der Waals surface area contributed by atoms with Gasteiger partial charge in [0, 0.05) is 46.5 Å². The van der Waals surface area contributed by atoms with Crippen molar-refractivity contribution < 1.29 is 50.1 Å². The molecular weight excluding hydrogens is 615 g/mol. The van der Waals surface area contributed by atoms with Crippen LogP contribution in [-0.2, 0) is 20.2 Å². The molecule has 0 aliphatic heterocycles. The molecule has 0 atom stereocenters. The Kier molecular flexibility index (Phi) is 9.31. The Morgan fingerprint density at radius 1 is 0.881 bits per heavy atom. The number of nitro groups is 2. The standard InChI is InChI=1S/C21H16N6O12S2.Na/c1-38-17-8-15(26(28)29)19(40(32,33)34)10-13(17)24-22-21(12-6-4-3-5-7-12)23-25(24)14-11-20(41(35,36)37)16(27(30)31)9-18(14)39-2;/h3-11H,1-2H3,(H-,32,33,34,35,36,37);. The van der Waals surface area contributed by atoms with Crippen LogP contribution < -0.4 is 14.3 Å². The second-order valence-corrected chi connectivity index (χ2v) is 10.6. The molecule has 18 nitrogen and oxygen atoms in total. The Bertz CT molecular complexity index is 1810. The van der Waals surface area contributed by atoms with Gasteiger partial charge in [0.2, 0.25) is 5.69 Å².